The molecule has 0 unspecified atom stereocenters. The number of nitro benzene ring substituents is 1. The van der Waals surface area contributed by atoms with Crippen molar-refractivity contribution in [3.05, 3.63) is 68.7 Å². The van der Waals surface area contributed by atoms with E-state index in [-0.39, 0.29) is 17.0 Å². The molecule has 1 aliphatic heterocycles. The lowest BCUT2D eigenvalue weighted by atomic mass is 10.1. The van der Waals surface area contributed by atoms with Crippen LogP contribution in [0, 0.1) is 10.1 Å². The van der Waals surface area contributed by atoms with Gasteiger partial charge in [0, 0.05) is 11.1 Å². The number of amides is 2. The average molecular weight is 374 g/mol. The maximum atomic E-state index is 12.5. The molecule has 0 atom stereocenters. The van der Waals surface area contributed by atoms with Crippen LogP contribution < -0.4 is 15.2 Å². The van der Waals surface area contributed by atoms with E-state index in [0.717, 1.165) is 5.01 Å². The van der Waals surface area contributed by atoms with Gasteiger partial charge >= 0.3 is 5.69 Å². The largest absolute Gasteiger partial charge is 0.490 e. The van der Waals surface area contributed by atoms with Gasteiger partial charge in [-0.2, -0.15) is 0 Å². The molecule has 9 heteroatoms. The summed E-state index contributed by atoms with van der Waals surface area (Å²) in [6.07, 6.45) is 1.29. The first kappa shape index (κ1) is 17.4. The zero-order chi connectivity index (χ0) is 18.8. The number of nitrogens with one attached hydrogen (secondary N) is 1. The maximum absolute atomic E-state index is 12.5. The van der Waals surface area contributed by atoms with Gasteiger partial charge in [-0.05, 0) is 42.0 Å². The van der Waals surface area contributed by atoms with Gasteiger partial charge in [-0.15, -0.1) is 0 Å². The molecule has 8 nitrogen and oxygen atoms in total. The van der Waals surface area contributed by atoms with Gasteiger partial charge in [0.1, 0.15) is 5.57 Å². The molecular formula is C17H12ClN3O5. The van der Waals surface area contributed by atoms with Crippen molar-refractivity contribution in [1.29, 1.82) is 0 Å². The molecule has 2 amide bonds. The monoisotopic (exact) mass is 373 g/mol. The summed E-state index contributed by atoms with van der Waals surface area (Å²) in [6, 6.07) is 10.5. The van der Waals surface area contributed by atoms with Gasteiger partial charge in [-0.3, -0.25) is 25.1 Å². The number of nitrogens with zero attached hydrogens (tertiary/aromatic N) is 2. The number of hydrogen-bond acceptors (Lipinski definition) is 5. The van der Waals surface area contributed by atoms with Gasteiger partial charge in [0.15, 0.2) is 5.75 Å². The minimum Gasteiger partial charge on any atom is -0.490 e. The maximum Gasteiger partial charge on any atom is 0.311 e. The number of rotatable bonds is 4. The van der Waals surface area contributed by atoms with Crippen LogP contribution in [0.5, 0.6) is 5.75 Å². The molecule has 2 aromatic carbocycles. The lowest BCUT2D eigenvalue weighted by Gasteiger charge is -2.14. The van der Waals surface area contributed by atoms with E-state index in [1.165, 1.54) is 31.4 Å². The third kappa shape index (κ3) is 3.22. The third-order valence-corrected chi connectivity index (χ3v) is 3.94. The number of ether oxygens (including phenoxy) is 1. The molecule has 0 aromatic heterocycles. The first-order valence-corrected chi connectivity index (χ1v) is 7.73. The molecule has 3 rings (SSSR count). The van der Waals surface area contributed by atoms with Crippen molar-refractivity contribution < 1.29 is 19.2 Å². The number of hydrogen-bond donors (Lipinski definition) is 1. The van der Waals surface area contributed by atoms with Crippen LogP contribution in [-0.2, 0) is 9.59 Å². The van der Waals surface area contributed by atoms with Crippen molar-refractivity contribution in [2.45, 2.75) is 0 Å². The lowest BCUT2D eigenvalue weighted by Crippen LogP contribution is -2.35. The summed E-state index contributed by atoms with van der Waals surface area (Å²) < 4.78 is 4.93. The minimum atomic E-state index is -0.608. The molecule has 1 heterocycles. The summed E-state index contributed by atoms with van der Waals surface area (Å²) in [6.45, 7) is 0. The normalized spacial score (nSPS) is 15.3. The highest BCUT2D eigenvalue weighted by Gasteiger charge is 2.34. The number of carbonyl (C=O) groups excluding carboxylic acids is 2. The van der Waals surface area contributed by atoms with E-state index in [2.05, 4.69) is 5.43 Å². The van der Waals surface area contributed by atoms with Crippen molar-refractivity contribution >= 4 is 40.9 Å². The van der Waals surface area contributed by atoms with E-state index in [0.29, 0.717) is 16.3 Å². The highest BCUT2D eigenvalue weighted by atomic mass is 35.5. The summed E-state index contributed by atoms with van der Waals surface area (Å²) in [7, 11) is 1.32. The summed E-state index contributed by atoms with van der Waals surface area (Å²) in [5.74, 6) is -1.10. The molecule has 1 aliphatic rings. The Hall–Kier alpha value is -3.39. The molecular weight excluding hydrogens is 362 g/mol. The first-order chi connectivity index (χ1) is 12.4. The van der Waals surface area contributed by atoms with E-state index in [9.17, 15) is 19.7 Å². The Bertz CT molecular complexity index is 940. The second kappa shape index (κ2) is 6.85. The standard InChI is InChI=1S/C17H12ClN3O5/c1-26-15-7-2-10(9-14(15)21(24)25)8-13-16(22)19-20(17(13)23)12-5-3-11(18)4-6-12/h2-9H,1H3,(H,19,22). The quantitative estimate of drug-likeness (QED) is 0.384. The number of nitro groups is 1. The Labute approximate surface area is 152 Å². The van der Waals surface area contributed by atoms with E-state index >= 15 is 0 Å². The van der Waals surface area contributed by atoms with Crippen molar-refractivity contribution in [2.75, 3.05) is 12.1 Å². The van der Waals surface area contributed by atoms with Gasteiger partial charge in [-0.1, -0.05) is 17.7 Å². The van der Waals surface area contributed by atoms with E-state index < -0.39 is 16.7 Å². The van der Waals surface area contributed by atoms with Gasteiger partial charge in [0.25, 0.3) is 11.8 Å². The van der Waals surface area contributed by atoms with Crippen LogP contribution in [0.4, 0.5) is 11.4 Å². The fourth-order valence-electron chi connectivity index (χ4n) is 2.44. The SMILES string of the molecule is COc1ccc(C=C2C(=O)NN(c3ccc(Cl)cc3)C2=O)cc1[N+](=O)[O-]. The molecule has 1 N–H and O–H groups in total. The van der Waals surface area contributed by atoms with E-state index in [4.69, 9.17) is 16.3 Å². The molecule has 0 saturated carbocycles. The average Bonchev–Trinajstić information content (AvgIpc) is 2.90. The molecule has 132 valence electrons. The van der Waals surface area contributed by atoms with Crippen LogP contribution in [0.25, 0.3) is 6.08 Å². The number of benzene rings is 2. The molecule has 0 radical (unpaired) electrons. The predicted octanol–water partition coefficient (Wildman–Crippen LogP) is 2.72. The Morgan fingerprint density at radius 3 is 2.50 bits per heavy atom. The van der Waals surface area contributed by atoms with Crippen LogP contribution in [0.15, 0.2) is 48.0 Å². The zero-order valence-electron chi connectivity index (χ0n) is 13.4. The molecule has 0 spiro atoms. The highest BCUT2D eigenvalue weighted by molar-refractivity contribution is 6.32. The molecule has 0 aliphatic carbocycles. The number of carbonyl (C=O) groups is 2. The summed E-state index contributed by atoms with van der Waals surface area (Å²) in [5.41, 5.74) is 2.81. The molecule has 1 saturated heterocycles. The number of methoxy groups -OCH3 is 1. The molecule has 2 aromatic rings. The van der Waals surface area contributed by atoms with Gasteiger partial charge in [-0.25, -0.2) is 5.01 Å². The minimum absolute atomic E-state index is 0.0853. The van der Waals surface area contributed by atoms with Crippen LogP contribution in [0.3, 0.4) is 0 Å². The highest BCUT2D eigenvalue weighted by Crippen LogP contribution is 2.29. The Kier molecular flexibility index (Phi) is 4.59. The summed E-state index contributed by atoms with van der Waals surface area (Å²) >= 11 is 5.82. The Morgan fingerprint density at radius 2 is 1.88 bits per heavy atom. The first-order valence-electron chi connectivity index (χ1n) is 7.36. The van der Waals surface area contributed by atoms with Crippen LogP contribution >= 0.6 is 11.6 Å². The van der Waals surface area contributed by atoms with E-state index in [1.807, 2.05) is 0 Å². The zero-order valence-corrected chi connectivity index (χ0v) is 14.2. The van der Waals surface area contributed by atoms with E-state index in [1.54, 1.807) is 24.3 Å². The Balaban J connectivity index is 1.95. The lowest BCUT2D eigenvalue weighted by molar-refractivity contribution is -0.385. The number of halogens is 1. The third-order valence-electron chi connectivity index (χ3n) is 3.69. The van der Waals surface area contributed by atoms with Crippen LogP contribution in [-0.4, -0.2) is 23.8 Å². The van der Waals surface area contributed by atoms with Crippen LogP contribution in [0.1, 0.15) is 5.56 Å². The fraction of sp³-hybridized carbons (Fsp3) is 0.0588. The fourth-order valence-corrected chi connectivity index (χ4v) is 2.56. The topological polar surface area (TPSA) is 102 Å². The molecule has 1 fully saturated rings. The number of hydrazine groups is 1. The second-order valence-corrected chi connectivity index (χ2v) is 5.74. The molecule has 0 bridgehead atoms. The smallest absolute Gasteiger partial charge is 0.311 e. The van der Waals surface area contributed by atoms with Gasteiger partial charge in [0.2, 0.25) is 0 Å². The Morgan fingerprint density at radius 1 is 1.19 bits per heavy atom. The van der Waals surface area contributed by atoms with Crippen molar-refractivity contribution in [1.82, 2.24) is 5.43 Å². The van der Waals surface area contributed by atoms with Gasteiger partial charge < -0.3 is 4.74 Å². The summed E-state index contributed by atoms with van der Waals surface area (Å²) in [4.78, 5) is 35.2. The number of anilines is 1. The summed E-state index contributed by atoms with van der Waals surface area (Å²) in [5, 5.41) is 12.7. The van der Waals surface area contributed by atoms with Crippen LogP contribution in [0.2, 0.25) is 5.02 Å². The predicted molar refractivity (Wildman–Crippen MR) is 94.7 cm³/mol. The van der Waals surface area contributed by atoms with Crippen molar-refractivity contribution in [3.8, 4) is 5.75 Å². The van der Waals surface area contributed by atoms with Crippen molar-refractivity contribution in [3.63, 3.8) is 0 Å². The molecule has 26 heavy (non-hydrogen) atoms. The van der Waals surface area contributed by atoms with Gasteiger partial charge in [0.05, 0.1) is 17.7 Å². The van der Waals surface area contributed by atoms with Crippen molar-refractivity contribution in [2.24, 2.45) is 0 Å². The second-order valence-electron chi connectivity index (χ2n) is 5.30.